The van der Waals surface area contributed by atoms with Crippen molar-refractivity contribution in [3.05, 3.63) is 34.4 Å². The van der Waals surface area contributed by atoms with Crippen molar-refractivity contribution in [2.24, 2.45) is 5.73 Å². The Balaban J connectivity index is 3.42. The van der Waals surface area contributed by atoms with Crippen LogP contribution >= 0.6 is 0 Å². The Hall–Kier alpha value is -1.48. The van der Waals surface area contributed by atoms with Crippen molar-refractivity contribution >= 4 is 12.1 Å². The predicted octanol–water partition coefficient (Wildman–Crippen LogP) is 1.56. The Morgan fingerprint density at radius 1 is 1.25 bits per heavy atom. The molecule has 0 amide bonds. The summed E-state index contributed by atoms with van der Waals surface area (Å²) in [6, 6.07) is 3.79. The first-order valence-corrected chi connectivity index (χ1v) is 5.45. The molecule has 0 spiro atoms. The molecule has 0 aliphatic heterocycles. The summed E-state index contributed by atoms with van der Waals surface area (Å²) in [7, 11) is 0. The summed E-state index contributed by atoms with van der Waals surface area (Å²) < 4.78 is 0. The largest absolute Gasteiger partial charge is 0.326 e. The van der Waals surface area contributed by atoms with E-state index in [-0.39, 0.29) is 0 Å². The van der Waals surface area contributed by atoms with E-state index in [9.17, 15) is 9.59 Å². The van der Waals surface area contributed by atoms with Crippen molar-refractivity contribution in [3.8, 4) is 0 Å². The van der Waals surface area contributed by atoms with Gasteiger partial charge in [0, 0.05) is 12.1 Å². The highest BCUT2D eigenvalue weighted by Gasteiger charge is 2.15. The Morgan fingerprint density at radius 2 is 1.75 bits per heavy atom. The highest BCUT2D eigenvalue weighted by molar-refractivity contribution is 6.34. The van der Waals surface area contributed by atoms with Gasteiger partial charge in [-0.3, -0.25) is 9.59 Å². The smallest absolute Gasteiger partial charge is 0.277 e. The van der Waals surface area contributed by atoms with Crippen molar-refractivity contribution in [2.45, 2.75) is 33.2 Å². The summed E-state index contributed by atoms with van der Waals surface area (Å²) in [5, 5.41) is 0. The molecule has 2 N–H and O–H groups in total. The van der Waals surface area contributed by atoms with Gasteiger partial charge in [0.05, 0.1) is 0 Å². The first kappa shape index (κ1) is 12.6. The third-order valence-corrected chi connectivity index (χ3v) is 2.68. The second-order valence-corrected chi connectivity index (χ2v) is 3.63. The molecule has 0 unspecified atom stereocenters. The van der Waals surface area contributed by atoms with Crippen LogP contribution in [0.5, 0.6) is 0 Å². The van der Waals surface area contributed by atoms with Crippen LogP contribution in [0.2, 0.25) is 0 Å². The van der Waals surface area contributed by atoms with Gasteiger partial charge < -0.3 is 5.73 Å². The molecule has 1 aromatic rings. The Bertz CT molecular complexity index is 385. The van der Waals surface area contributed by atoms with E-state index in [1.54, 1.807) is 0 Å². The minimum atomic E-state index is -0.558. The molecule has 1 radical (unpaired) electrons. The minimum Gasteiger partial charge on any atom is -0.326 e. The van der Waals surface area contributed by atoms with E-state index in [1.807, 2.05) is 26.0 Å². The number of Topliss-reactive ketones (excluding diaryl/α,β-unsaturated/α-hetero) is 1. The van der Waals surface area contributed by atoms with Crippen LogP contribution < -0.4 is 5.73 Å². The van der Waals surface area contributed by atoms with E-state index in [0.29, 0.717) is 24.9 Å². The lowest BCUT2D eigenvalue weighted by Gasteiger charge is -2.12. The van der Waals surface area contributed by atoms with Crippen molar-refractivity contribution < 1.29 is 9.59 Å². The van der Waals surface area contributed by atoms with Crippen molar-refractivity contribution in [1.82, 2.24) is 0 Å². The van der Waals surface area contributed by atoms with Crippen LogP contribution in [0.1, 0.15) is 40.9 Å². The number of benzene rings is 1. The number of ketones is 1. The number of hydrogen-bond acceptors (Lipinski definition) is 3. The fourth-order valence-corrected chi connectivity index (χ4v) is 1.86. The molecule has 0 atom stereocenters. The fourth-order valence-electron chi connectivity index (χ4n) is 1.86. The summed E-state index contributed by atoms with van der Waals surface area (Å²) in [4.78, 5) is 22.0. The van der Waals surface area contributed by atoms with Crippen LogP contribution in [0.4, 0.5) is 0 Å². The number of nitrogens with two attached hydrogens (primary N) is 1. The average molecular weight is 218 g/mol. The van der Waals surface area contributed by atoms with Gasteiger partial charge in [-0.05, 0) is 29.5 Å². The van der Waals surface area contributed by atoms with E-state index in [4.69, 9.17) is 5.73 Å². The van der Waals surface area contributed by atoms with Gasteiger partial charge in [0.15, 0.2) is 0 Å². The van der Waals surface area contributed by atoms with Gasteiger partial charge in [0.25, 0.3) is 6.29 Å². The summed E-state index contributed by atoms with van der Waals surface area (Å²) >= 11 is 0. The second kappa shape index (κ2) is 5.56. The molecule has 0 saturated carbocycles. The molecule has 3 heteroatoms. The Morgan fingerprint density at radius 3 is 2.06 bits per heavy atom. The van der Waals surface area contributed by atoms with E-state index in [1.165, 1.54) is 6.29 Å². The SMILES string of the molecule is CCc1cc(CN)cc(CC)c1C(=O)[C]=O. The van der Waals surface area contributed by atoms with E-state index < -0.39 is 5.78 Å². The Kier molecular flexibility index (Phi) is 4.38. The predicted molar refractivity (Wildman–Crippen MR) is 63.1 cm³/mol. The lowest BCUT2D eigenvalue weighted by molar-refractivity contribution is 0.106. The molecular weight excluding hydrogens is 202 g/mol. The van der Waals surface area contributed by atoms with Gasteiger partial charge in [-0.2, -0.15) is 0 Å². The molecule has 0 bridgehead atoms. The van der Waals surface area contributed by atoms with Crippen LogP contribution in [0.3, 0.4) is 0 Å². The maximum absolute atomic E-state index is 11.5. The first-order chi connectivity index (χ1) is 7.67. The molecule has 16 heavy (non-hydrogen) atoms. The molecular formula is C13H16NO2. The zero-order valence-electron chi connectivity index (χ0n) is 9.67. The summed E-state index contributed by atoms with van der Waals surface area (Å²) in [5.74, 6) is -0.558. The normalized spacial score (nSPS) is 10.2. The third kappa shape index (κ3) is 2.36. The summed E-state index contributed by atoms with van der Waals surface area (Å²) in [6.45, 7) is 4.35. The Labute approximate surface area is 95.6 Å². The van der Waals surface area contributed by atoms with Gasteiger partial charge in [-0.15, -0.1) is 0 Å². The molecule has 1 aromatic carbocycles. The molecule has 85 valence electrons. The van der Waals surface area contributed by atoms with Crippen molar-refractivity contribution in [1.29, 1.82) is 0 Å². The van der Waals surface area contributed by atoms with E-state index >= 15 is 0 Å². The molecule has 0 aromatic heterocycles. The molecule has 0 saturated heterocycles. The zero-order chi connectivity index (χ0) is 12.1. The number of carbonyl (C=O) groups is 1. The number of aryl methyl sites for hydroxylation is 2. The van der Waals surface area contributed by atoms with Crippen molar-refractivity contribution in [2.75, 3.05) is 0 Å². The summed E-state index contributed by atoms with van der Waals surface area (Å²) in [6.07, 6.45) is 2.87. The number of hydrogen-bond donors (Lipinski definition) is 1. The standard InChI is InChI=1S/C13H16NO2/c1-3-10-5-9(7-14)6-11(4-2)13(10)12(16)8-15/h5-6H,3-4,7,14H2,1-2H3. The monoisotopic (exact) mass is 218 g/mol. The highest BCUT2D eigenvalue weighted by Crippen LogP contribution is 2.19. The number of rotatable bonds is 5. The minimum absolute atomic E-state index is 0.444. The lowest BCUT2D eigenvalue weighted by atomic mass is 9.92. The van der Waals surface area contributed by atoms with Crippen molar-refractivity contribution in [3.63, 3.8) is 0 Å². The summed E-state index contributed by atoms with van der Waals surface area (Å²) in [5.41, 5.74) is 8.87. The molecule has 0 heterocycles. The van der Waals surface area contributed by atoms with Gasteiger partial charge in [0.2, 0.25) is 5.78 Å². The van der Waals surface area contributed by atoms with Crippen LogP contribution in [-0.2, 0) is 24.2 Å². The fraction of sp³-hybridized carbons (Fsp3) is 0.385. The number of carbonyl (C=O) groups excluding carboxylic acids is 2. The van der Waals surface area contributed by atoms with Gasteiger partial charge >= 0.3 is 0 Å². The maximum Gasteiger partial charge on any atom is 0.277 e. The zero-order valence-corrected chi connectivity index (χ0v) is 9.67. The first-order valence-electron chi connectivity index (χ1n) is 5.45. The topological polar surface area (TPSA) is 60.2 Å². The lowest BCUT2D eigenvalue weighted by Crippen LogP contribution is -2.10. The molecule has 0 aliphatic rings. The van der Waals surface area contributed by atoms with E-state index in [0.717, 1.165) is 16.7 Å². The third-order valence-electron chi connectivity index (χ3n) is 2.68. The van der Waals surface area contributed by atoms with Crippen LogP contribution in [0, 0.1) is 0 Å². The highest BCUT2D eigenvalue weighted by atomic mass is 16.2. The second-order valence-electron chi connectivity index (χ2n) is 3.63. The quantitative estimate of drug-likeness (QED) is 0.602. The molecule has 1 rings (SSSR count). The van der Waals surface area contributed by atoms with Crippen LogP contribution in [0.25, 0.3) is 0 Å². The van der Waals surface area contributed by atoms with Gasteiger partial charge in [-0.1, -0.05) is 26.0 Å². The molecule has 0 fully saturated rings. The van der Waals surface area contributed by atoms with E-state index in [2.05, 4.69) is 0 Å². The molecule has 3 nitrogen and oxygen atoms in total. The maximum atomic E-state index is 11.5. The van der Waals surface area contributed by atoms with Crippen LogP contribution in [-0.4, -0.2) is 12.1 Å². The van der Waals surface area contributed by atoms with Crippen LogP contribution in [0.15, 0.2) is 12.1 Å². The van der Waals surface area contributed by atoms with Gasteiger partial charge in [0.1, 0.15) is 0 Å². The van der Waals surface area contributed by atoms with Gasteiger partial charge in [-0.25, -0.2) is 0 Å². The average Bonchev–Trinajstić information content (AvgIpc) is 2.35. The molecule has 0 aliphatic carbocycles.